The molecule has 3 heterocycles. The number of hydrogen-bond acceptors (Lipinski definition) is 6. The lowest BCUT2D eigenvalue weighted by Gasteiger charge is -2.14. The lowest BCUT2D eigenvalue weighted by molar-refractivity contribution is -0.116. The topological polar surface area (TPSA) is 91.0 Å². The number of nitrogens with zero attached hydrogens (tertiary/aromatic N) is 4. The first-order chi connectivity index (χ1) is 15.5. The van der Waals surface area contributed by atoms with Crippen molar-refractivity contribution < 1.29 is 13.9 Å². The van der Waals surface area contributed by atoms with Crippen LogP contribution in [0.4, 0.5) is 10.1 Å². The van der Waals surface area contributed by atoms with Crippen LogP contribution < -0.4 is 15.6 Å². The number of nitrogens with one attached hydrogen (secondary N) is 1. The van der Waals surface area contributed by atoms with Gasteiger partial charge in [0.05, 0.1) is 30.7 Å². The van der Waals surface area contributed by atoms with E-state index >= 15 is 0 Å². The van der Waals surface area contributed by atoms with E-state index in [2.05, 4.69) is 15.4 Å². The number of methoxy groups -OCH3 is 1. The fourth-order valence-electron chi connectivity index (χ4n) is 3.72. The van der Waals surface area contributed by atoms with E-state index in [0.29, 0.717) is 39.1 Å². The van der Waals surface area contributed by atoms with Gasteiger partial charge in [-0.3, -0.25) is 14.2 Å². The Labute approximate surface area is 186 Å². The maximum atomic E-state index is 13.3. The van der Waals surface area contributed by atoms with Crippen LogP contribution in [0.25, 0.3) is 16.7 Å². The molecular weight excluding hydrogens is 433 g/mol. The minimum atomic E-state index is -0.357. The molecule has 162 valence electrons. The third-order valence-electron chi connectivity index (χ3n) is 5.24. The lowest BCUT2D eigenvalue weighted by Crippen LogP contribution is -2.27. The summed E-state index contributed by atoms with van der Waals surface area (Å²) in [6.45, 7) is 0. The number of anilines is 1. The van der Waals surface area contributed by atoms with Gasteiger partial charge in [0, 0.05) is 12.2 Å². The molecule has 1 aliphatic rings. The fourth-order valence-corrected chi connectivity index (χ4v) is 4.85. The van der Waals surface area contributed by atoms with Gasteiger partial charge in [0.1, 0.15) is 17.0 Å². The number of rotatable bonds is 5. The van der Waals surface area contributed by atoms with Gasteiger partial charge in [-0.15, -0.1) is 0 Å². The van der Waals surface area contributed by atoms with E-state index in [0.717, 1.165) is 0 Å². The lowest BCUT2D eigenvalue weighted by atomic mass is 10.2. The van der Waals surface area contributed by atoms with Crippen LogP contribution in [0.15, 0.2) is 64.7 Å². The minimum Gasteiger partial charge on any atom is -0.495 e. The van der Waals surface area contributed by atoms with Gasteiger partial charge in [0.2, 0.25) is 5.91 Å². The average Bonchev–Trinajstić information content (AvgIpc) is 3.40. The molecule has 0 spiro atoms. The van der Waals surface area contributed by atoms with E-state index in [-0.39, 0.29) is 29.7 Å². The van der Waals surface area contributed by atoms with Crippen molar-refractivity contribution in [2.45, 2.75) is 17.6 Å². The predicted octanol–water partition coefficient (Wildman–Crippen LogP) is 3.41. The maximum absolute atomic E-state index is 13.3. The summed E-state index contributed by atoms with van der Waals surface area (Å²) in [5, 5.41) is 8.00. The summed E-state index contributed by atoms with van der Waals surface area (Å²) in [6.07, 6.45) is 1.58. The summed E-state index contributed by atoms with van der Waals surface area (Å²) in [4.78, 5) is 30.5. The Balaban J connectivity index is 1.44. The molecule has 10 heteroatoms. The second-order valence-electron chi connectivity index (χ2n) is 7.26. The molecule has 1 N–H and O–H groups in total. The summed E-state index contributed by atoms with van der Waals surface area (Å²) in [5.74, 6) is 0.541. The zero-order valence-electron chi connectivity index (χ0n) is 17.0. The molecule has 0 radical (unpaired) electrons. The Hall–Kier alpha value is -3.66. The van der Waals surface area contributed by atoms with E-state index < -0.39 is 0 Å². The third kappa shape index (κ3) is 3.52. The van der Waals surface area contributed by atoms with Crippen molar-refractivity contribution in [1.82, 2.24) is 19.3 Å². The zero-order valence-corrected chi connectivity index (χ0v) is 17.8. The normalized spacial score (nSPS) is 15.0. The summed E-state index contributed by atoms with van der Waals surface area (Å²) in [6, 6.07) is 12.6. The maximum Gasteiger partial charge on any atom is 0.265 e. The van der Waals surface area contributed by atoms with E-state index in [9.17, 15) is 14.0 Å². The molecule has 1 aliphatic heterocycles. The van der Waals surface area contributed by atoms with Crippen molar-refractivity contribution in [2.24, 2.45) is 0 Å². The standard InChI is InChI=1S/C22H18FN5O3S/c1-31-18-5-3-2-4-17(18)25-19(29)10-15-12-32-22-26-20-16(21(30)27(15)22)11-24-28(20)14-8-6-13(23)7-9-14/h2-9,11,15H,10,12H2,1H3,(H,25,29). The van der Waals surface area contributed by atoms with Crippen LogP contribution in [0.2, 0.25) is 0 Å². The number of amides is 1. The Morgan fingerprint density at radius 1 is 1.25 bits per heavy atom. The van der Waals surface area contributed by atoms with Gasteiger partial charge in [-0.25, -0.2) is 14.1 Å². The van der Waals surface area contributed by atoms with E-state index in [1.165, 1.54) is 41.9 Å². The molecule has 1 atom stereocenters. The van der Waals surface area contributed by atoms with Crippen LogP contribution in [0.5, 0.6) is 5.75 Å². The van der Waals surface area contributed by atoms with Gasteiger partial charge in [0.15, 0.2) is 10.8 Å². The number of carbonyl (C=O) groups excluding carboxylic acids is 1. The van der Waals surface area contributed by atoms with E-state index in [1.807, 2.05) is 12.1 Å². The third-order valence-corrected chi connectivity index (χ3v) is 6.34. The number of aromatic nitrogens is 4. The molecule has 0 saturated carbocycles. The Morgan fingerprint density at radius 3 is 2.81 bits per heavy atom. The van der Waals surface area contributed by atoms with Crippen molar-refractivity contribution in [3.8, 4) is 11.4 Å². The average molecular weight is 451 g/mol. The second-order valence-corrected chi connectivity index (χ2v) is 8.24. The first-order valence-corrected chi connectivity index (χ1v) is 10.9. The second kappa shape index (κ2) is 8.12. The van der Waals surface area contributed by atoms with Crippen LogP contribution in [0.1, 0.15) is 12.5 Å². The number of fused-ring (bicyclic) bond motifs is 2. The Bertz CT molecular complexity index is 1380. The highest BCUT2D eigenvalue weighted by molar-refractivity contribution is 7.99. The highest BCUT2D eigenvalue weighted by Gasteiger charge is 2.29. The van der Waals surface area contributed by atoms with Crippen molar-refractivity contribution in [3.63, 3.8) is 0 Å². The van der Waals surface area contributed by atoms with Crippen LogP contribution in [0.3, 0.4) is 0 Å². The number of carbonyl (C=O) groups is 1. The van der Waals surface area contributed by atoms with Gasteiger partial charge in [0.25, 0.3) is 5.56 Å². The van der Waals surface area contributed by atoms with Crippen molar-refractivity contribution in [2.75, 3.05) is 18.2 Å². The molecule has 1 amide bonds. The van der Waals surface area contributed by atoms with Crippen LogP contribution >= 0.6 is 11.8 Å². The summed E-state index contributed by atoms with van der Waals surface area (Å²) in [7, 11) is 1.54. The zero-order chi connectivity index (χ0) is 22.2. The molecule has 2 aromatic heterocycles. The predicted molar refractivity (Wildman–Crippen MR) is 119 cm³/mol. The SMILES string of the molecule is COc1ccccc1NC(=O)CC1CSc2nc3c(cnn3-c3ccc(F)cc3)c(=O)n21. The largest absolute Gasteiger partial charge is 0.495 e. The molecule has 0 saturated heterocycles. The first kappa shape index (κ1) is 20.3. The molecular formula is C22H18FN5O3S. The quantitative estimate of drug-likeness (QED) is 0.468. The Kier molecular flexibility index (Phi) is 5.14. The molecule has 0 aliphatic carbocycles. The fraction of sp³-hybridized carbons (Fsp3) is 0.182. The van der Waals surface area contributed by atoms with E-state index in [4.69, 9.17) is 4.74 Å². The Morgan fingerprint density at radius 2 is 2.03 bits per heavy atom. The molecule has 4 aromatic rings. The molecule has 8 nitrogen and oxygen atoms in total. The summed E-state index contributed by atoms with van der Waals surface area (Å²) < 4.78 is 21.6. The molecule has 0 bridgehead atoms. The number of halogens is 1. The number of hydrogen-bond donors (Lipinski definition) is 1. The van der Waals surface area contributed by atoms with E-state index in [1.54, 1.807) is 28.8 Å². The number of ether oxygens (including phenoxy) is 1. The van der Waals surface area contributed by atoms with Crippen LogP contribution in [-0.4, -0.2) is 38.1 Å². The molecule has 1 unspecified atom stereocenters. The highest BCUT2D eigenvalue weighted by Crippen LogP contribution is 2.34. The van der Waals surface area contributed by atoms with Crippen LogP contribution in [0, 0.1) is 5.82 Å². The molecule has 5 rings (SSSR count). The summed E-state index contributed by atoms with van der Waals surface area (Å²) in [5.41, 5.74) is 1.33. The smallest absolute Gasteiger partial charge is 0.265 e. The monoisotopic (exact) mass is 451 g/mol. The molecule has 32 heavy (non-hydrogen) atoms. The van der Waals surface area contributed by atoms with Crippen molar-refractivity contribution >= 4 is 34.4 Å². The minimum absolute atomic E-state index is 0.122. The first-order valence-electron chi connectivity index (χ1n) is 9.87. The van der Waals surface area contributed by atoms with Crippen molar-refractivity contribution in [1.29, 1.82) is 0 Å². The number of para-hydroxylation sites is 2. The van der Waals surface area contributed by atoms with Crippen LogP contribution in [-0.2, 0) is 4.79 Å². The summed E-state index contributed by atoms with van der Waals surface area (Å²) >= 11 is 1.42. The molecule has 0 fully saturated rings. The van der Waals surface area contributed by atoms with Gasteiger partial charge in [-0.1, -0.05) is 23.9 Å². The van der Waals surface area contributed by atoms with Gasteiger partial charge < -0.3 is 10.1 Å². The van der Waals surface area contributed by atoms with Gasteiger partial charge >= 0.3 is 0 Å². The number of benzene rings is 2. The van der Waals surface area contributed by atoms with Crippen molar-refractivity contribution in [3.05, 3.63) is 70.9 Å². The molecule has 2 aromatic carbocycles. The number of thioether (sulfide) groups is 1. The van der Waals surface area contributed by atoms with Gasteiger partial charge in [-0.05, 0) is 36.4 Å². The van der Waals surface area contributed by atoms with Gasteiger partial charge in [-0.2, -0.15) is 5.10 Å². The highest BCUT2D eigenvalue weighted by atomic mass is 32.2.